The Balaban J connectivity index is 3.53. The molecule has 1 heteroatoms. The molecular formula is C12H25N. The fraction of sp³-hybridized carbons (Fsp3) is 0.833. The molecule has 0 rings (SSSR count). The molecular weight excluding hydrogens is 158 g/mol. The third kappa shape index (κ3) is 8.04. The topological polar surface area (TPSA) is 12.0 Å². The van der Waals surface area contributed by atoms with Crippen molar-refractivity contribution >= 4 is 0 Å². The number of hydrogen-bond acceptors (Lipinski definition) is 1. The van der Waals surface area contributed by atoms with Crippen LogP contribution in [0.4, 0.5) is 0 Å². The summed E-state index contributed by atoms with van der Waals surface area (Å²) in [7, 11) is 0. The van der Waals surface area contributed by atoms with Gasteiger partial charge in [-0.1, -0.05) is 45.3 Å². The molecule has 0 spiro atoms. The molecule has 1 unspecified atom stereocenters. The van der Waals surface area contributed by atoms with Gasteiger partial charge in [0.25, 0.3) is 0 Å². The van der Waals surface area contributed by atoms with E-state index in [9.17, 15) is 0 Å². The van der Waals surface area contributed by atoms with E-state index in [1.165, 1.54) is 32.1 Å². The van der Waals surface area contributed by atoms with Crippen LogP contribution in [0.1, 0.15) is 52.9 Å². The second-order valence-electron chi connectivity index (χ2n) is 3.61. The molecule has 0 aliphatic carbocycles. The average Bonchev–Trinajstić information content (AvgIpc) is 2.14. The molecule has 0 fully saturated rings. The molecule has 1 N–H and O–H groups in total. The van der Waals surface area contributed by atoms with Gasteiger partial charge in [-0.2, -0.15) is 0 Å². The van der Waals surface area contributed by atoms with Crippen molar-refractivity contribution in [1.82, 2.24) is 5.32 Å². The van der Waals surface area contributed by atoms with Crippen molar-refractivity contribution in [2.45, 2.75) is 58.9 Å². The van der Waals surface area contributed by atoms with Gasteiger partial charge in [-0.15, -0.1) is 0 Å². The minimum Gasteiger partial charge on any atom is -0.311 e. The molecule has 0 saturated carbocycles. The Labute approximate surface area is 83.6 Å². The minimum absolute atomic E-state index is 0.737. The molecule has 0 saturated heterocycles. The molecule has 0 amide bonds. The molecule has 0 aliphatic heterocycles. The van der Waals surface area contributed by atoms with Gasteiger partial charge >= 0.3 is 0 Å². The number of rotatable bonds is 8. The van der Waals surface area contributed by atoms with E-state index in [1.54, 1.807) is 0 Å². The van der Waals surface area contributed by atoms with Crippen LogP contribution in [0.5, 0.6) is 0 Å². The second-order valence-corrected chi connectivity index (χ2v) is 3.61. The second kappa shape index (κ2) is 9.79. The highest BCUT2D eigenvalue weighted by Crippen LogP contribution is 2.06. The molecule has 1 atom stereocenters. The number of nitrogens with one attached hydrogen (secondary N) is 1. The maximum Gasteiger partial charge on any atom is 0.0137 e. The van der Waals surface area contributed by atoms with Gasteiger partial charge in [0.15, 0.2) is 0 Å². The van der Waals surface area contributed by atoms with E-state index in [4.69, 9.17) is 0 Å². The van der Waals surface area contributed by atoms with Crippen LogP contribution in [0, 0.1) is 0 Å². The predicted molar refractivity (Wildman–Crippen MR) is 61.0 cm³/mol. The van der Waals surface area contributed by atoms with E-state index in [0.717, 1.165) is 12.6 Å². The molecule has 13 heavy (non-hydrogen) atoms. The summed E-state index contributed by atoms with van der Waals surface area (Å²) in [5, 5.41) is 3.57. The number of hydrogen-bond donors (Lipinski definition) is 1. The molecule has 0 heterocycles. The fourth-order valence-electron chi connectivity index (χ4n) is 1.50. The monoisotopic (exact) mass is 183 g/mol. The standard InChI is InChI=1S/C12H25N/c1-4-7-10-12(9-6-3)13-11-8-5-2/h5,8,12-13H,4,6-7,9-11H2,1-3H3/b8-5+. The molecule has 0 radical (unpaired) electrons. The predicted octanol–water partition coefficient (Wildman–Crippen LogP) is 3.51. The Hall–Kier alpha value is -0.300. The van der Waals surface area contributed by atoms with E-state index in [2.05, 4.69) is 38.2 Å². The SMILES string of the molecule is C/C=C/CNC(CCC)CCCC. The van der Waals surface area contributed by atoms with Crippen LogP contribution >= 0.6 is 0 Å². The number of unbranched alkanes of at least 4 members (excludes halogenated alkanes) is 1. The lowest BCUT2D eigenvalue weighted by Crippen LogP contribution is -2.28. The summed E-state index contributed by atoms with van der Waals surface area (Å²) in [6, 6.07) is 0.737. The van der Waals surface area contributed by atoms with Crippen LogP contribution in [-0.4, -0.2) is 12.6 Å². The molecule has 0 aromatic rings. The molecule has 1 nitrogen and oxygen atoms in total. The zero-order valence-electron chi connectivity index (χ0n) is 9.47. The fourth-order valence-corrected chi connectivity index (χ4v) is 1.50. The van der Waals surface area contributed by atoms with Crippen molar-refractivity contribution in [3.8, 4) is 0 Å². The maximum atomic E-state index is 3.57. The summed E-state index contributed by atoms with van der Waals surface area (Å²) in [5.74, 6) is 0. The largest absolute Gasteiger partial charge is 0.311 e. The summed E-state index contributed by atoms with van der Waals surface area (Å²) in [6.45, 7) is 7.62. The average molecular weight is 183 g/mol. The van der Waals surface area contributed by atoms with Crippen LogP contribution in [0.15, 0.2) is 12.2 Å². The van der Waals surface area contributed by atoms with Crippen molar-refractivity contribution < 1.29 is 0 Å². The summed E-state index contributed by atoms with van der Waals surface area (Å²) in [6.07, 6.45) is 10.9. The van der Waals surface area contributed by atoms with Crippen molar-refractivity contribution in [3.05, 3.63) is 12.2 Å². The molecule has 0 aromatic heterocycles. The van der Waals surface area contributed by atoms with Gasteiger partial charge < -0.3 is 5.32 Å². The van der Waals surface area contributed by atoms with Gasteiger partial charge in [-0.25, -0.2) is 0 Å². The minimum atomic E-state index is 0.737. The Morgan fingerprint density at radius 2 is 1.92 bits per heavy atom. The van der Waals surface area contributed by atoms with Crippen molar-refractivity contribution in [2.24, 2.45) is 0 Å². The summed E-state index contributed by atoms with van der Waals surface area (Å²) < 4.78 is 0. The zero-order valence-corrected chi connectivity index (χ0v) is 9.47. The smallest absolute Gasteiger partial charge is 0.0137 e. The van der Waals surface area contributed by atoms with E-state index < -0.39 is 0 Å². The molecule has 0 aromatic carbocycles. The van der Waals surface area contributed by atoms with E-state index in [0.29, 0.717) is 0 Å². The van der Waals surface area contributed by atoms with E-state index in [1.807, 2.05) is 0 Å². The van der Waals surface area contributed by atoms with Gasteiger partial charge in [0, 0.05) is 12.6 Å². The van der Waals surface area contributed by atoms with Crippen LogP contribution in [-0.2, 0) is 0 Å². The van der Waals surface area contributed by atoms with Crippen LogP contribution < -0.4 is 5.32 Å². The molecule has 0 bridgehead atoms. The normalized spacial score (nSPS) is 13.8. The first-order valence-corrected chi connectivity index (χ1v) is 5.69. The Bertz CT molecular complexity index is 118. The van der Waals surface area contributed by atoms with Gasteiger partial charge in [0.2, 0.25) is 0 Å². The quantitative estimate of drug-likeness (QED) is 0.568. The van der Waals surface area contributed by atoms with Crippen molar-refractivity contribution in [3.63, 3.8) is 0 Å². The third-order valence-electron chi connectivity index (χ3n) is 2.30. The first kappa shape index (κ1) is 12.7. The lowest BCUT2D eigenvalue weighted by Gasteiger charge is -2.16. The van der Waals surface area contributed by atoms with E-state index in [-0.39, 0.29) is 0 Å². The van der Waals surface area contributed by atoms with Crippen LogP contribution in [0.25, 0.3) is 0 Å². The lowest BCUT2D eigenvalue weighted by molar-refractivity contribution is 0.453. The lowest BCUT2D eigenvalue weighted by atomic mass is 10.1. The van der Waals surface area contributed by atoms with Gasteiger partial charge in [-0.05, 0) is 19.8 Å². The first-order chi connectivity index (χ1) is 6.35. The van der Waals surface area contributed by atoms with E-state index >= 15 is 0 Å². The van der Waals surface area contributed by atoms with Gasteiger partial charge in [0.1, 0.15) is 0 Å². The summed E-state index contributed by atoms with van der Waals surface area (Å²) in [4.78, 5) is 0. The summed E-state index contributed by atoms with van der Waals surface area (Å²) >= 11 is 0. The van der Waals surface area contributed by atoms with Crippen LogP contribution in [0.3, 0.4) is 0 Å². The third-order valence-corrected chi connectivity index (χ3v) is 2.30. The highest BCUT2D eigenvalue weighted by molar-refractivity contribution is 4.81. The van der Waals surface area contributed by atoms with Gasteiger partial charge in [0.05, 0.1) is 0 Å². The Morgan fingerprint density at radius 3 is 2.46 bits per heavy atom. The summed E-state index contributed by atoms with van der Waals surface area (Å²) in [5.41, 5.74) is 0. The zero-order chi connectivity index (χ0) is 9.94. The maximum absolute atomic E-state index is 3.57. The Kier molecular flexibility index (Phi) is 9.56. The molecule has 78 valence electrons. The highest BCUT2D eigenvalue weighted by atomic mass is 14.9. The van der Waals surface area contributed by atoms with Crippen molar-refractivity contribution in [1.29, 1.82) is 0 Å². The Morgan fingerprint density at radius 1 is 1.15 bits per heavy atom. The van der Waals surface area contributed by atoms with Crippen molar-refractivity contribution in [2.75, 3.05) is 6.54 Å². The first-order valence-electron chi connectivity index (χ1n) is 5.69. The highest BCUT2D eigenvalue weighted by Gasteiger charge is 2.03. The number of allylic oxidation sites excluding steroid dienone is 1. The van der Waals surface area contributed by atoms with Gasteiger partial charge in [-0.3, -0.25) is 0 Å². The molecule has 0 aliphatic rings. The van der Waals surface area contributed by atoms with Crippen LogP contribution in [0.2, 0.25) is 0 Å².